The van der Waals surface area contributed by atoms with Crippen LogP contribution in [0.25, 0.3) is 0 Å². The smallest absolute Gasteiger partial charge is 0.269 e. The summed E-state index contributed by atoms with van der Waals surface area (Å²) >= 11 is 6.98. The van der Waals surface area contributed by atoms with Crippen LogP contribution in [0, 0.1) is 10.1 Å². The maximum absolute atomic E-state index is 10.7. The number of hydrogen-bond donors (Lipinski definition) is 2. The molecule has 1 aliphatic rings. The van der Waals surface area contributed by atoms with Crippen molar-refractivity contribution in [3.63, 3.8) is 0 Å². The number of benzene rings is 1. The van der Waals surface area contributed by atoms with Crippen LogP contribution in [0.2, 0.25) is 0 Å². The number of thiocarbonyl (C=S) groups is 1. The zero-order valence-electron chi connectivity index (χ0n) is 11.1. The second-order valence-electron chi connectivity index (χ2n) is 4.75. The van der Waals surface area contributed by atoms with Gasteiger partial charge in [-0.2, -0.15) is 5.43 Å². The predicted octanol–water partition coefficient (Wildman–Crippen LogP) is 2.73. The first-order valence-electron chi connectivity index (χ1n) is 6.18. The van der Waals surface area contributed by atoms with Crippen LogP contribution in [-0.4, -0.2) is 10.0 Å². The van der Waals surface area contributed by atoms with Crippen LogP contribution in [0.4, 0.5) is 11.4 Å². The molecule has 0 unspecified atom stereocenters. The third kappa shape index (κ3) is 2.48. The molecule has 6 nitrogen and oxygen atoms in total. The number of nitrogens with one attached hydrogen (secondary N) is 2. The Morgan fingerprint density at radius 1 is 1.33 bits per heavy atom. The lowest BCUT2D eigenvalue weighted by molar-refractivity contribution is -0.384. The molecule has 0 saturated carbocycles. The fraction of sp³-hybridized carbons (Fsp3) is 0.154. The van der Waals surface area contributed by atoms with Crippen LogP contribution in [0.5, 0.6) is 0 Å². The fourth-order valence-electron chi connectivity index (χ4n) is 2.16. The SMILES string of the molecule is C[C@@]1(c2cccs2)NC(=S)N(c2ccc([N+](=O)[O-])cc2)N1. The average Bonchev–Trinajstić information content (AvgIpc) is 3.08. The van der Waals surface area contributed by atoms with Crippen LogP contribution >= 0.6 is 23.6 Å². The number of hydrogen-bond acceptors (Lipinski definition) is 5. The van der Waals surface area contributed by atoms with Crippen LogP contribution in [0.1, 0.15) is 11.8 Å². The third-order valence-electron chi connectivity index (χ3n) is 3.23. The number of non-ortho nitro benzene ring substituents is 1. The molecule has 1 saturated heterocycles. The van der Waals surface area contributed by atoms with E-state index in [4.69, 9.17) is 12.2 Å². The number of anilines is 1. The molecule has 1 aromatic heterocycles. The first-order chi connectivity index (χ1) is 9.99. The van der Waals surface area contributed by atoms with Gasteiger partial charge in [-0.3, -0.25) is 10.1 Å². The number of nitro benzene ring substituents is 1. The average molecular weight is 320 g/mol. The minimum absolute atomic E-state index is 0.0536. The van der Waals surface area contributed by atoms with E-state index < -0.39 is 10.6 Å². The maximum Gasteiger partial charge on any atom is 0.269 e. The molecular formula is C13H12N4O2S2. The number of thiophene rings is 1. The first-order valence-corrected chi connectivity index (χ1v) is 7.47. The normalized spacial score (nSPS) is 21.4. The standard InChI is InChI=1S/C13H12N4O2S2/c1-13(11-3-2-8-21-11)14-12(20)16(15-13)9-4-6-10(7-5-9)17(18)19/h2-8,15H,1H3,(H,14,20)/t13-/m1/s1. The molecule has 1 aromatic carbocycles. The predicted molar refractivity (Wildman–Crippen MR) is 86.1 cm³/mol. The topological polar surface area (TPSA) is 70.4 Å². The van der Waals surface area contributed by atoms with E-state index in [0.717, 1.165) is 10.6 Å². The molecule has 1 aliphatic heterocycles. The van der Waals surface area contributed by atoms with Gasteiger partial charge in [0.2, 0.25) is 0 Å². The summed E-state index contributed by atoms with van der Waals surface area (Å²) in [5.74, 6) is 0. The van der Waals surface area contributed by atoms with Crippen molar-refractivity contribution in [2.24, 2.45) is 0 Å². The van der Waals surface area contributed by atoms with Crippen LogP contribution in [0.3, 0.4) is 0 Å². The van der Waals surface area contributed by atoms with E-state index in [1.165, 1.54) is 12.1 Å². The molecule has 2 N–H and O–H groups in total. The van der Waals surface area contributed by atoms with Gasteiger partial charge in [-0.15, -0.1) is 11.3 Å². The monoisotopic (exact) mass is 320 g/mol. The molecule has 3 rings (SSSR count). The lowest BCUT2D eigenvalue weighted by Gasteiger charge is -2.24. The molecule has 0 bridgehead atoms. The second-order valence-corrected chi connectivity index (χ2v) is 6.09. The molecular weight excluding hydrogens is 308 g/mol. The summed E-state index contributed by atoms with van der Waals surface area (Å²) in [6.07, 6.45) is 0. The van der Waals surface area contributed by atoms with Gasteiger partial charge in [-0.25, -0.2) is 5.01 Å². The fourth-order valence-corrected chi connectivity index (χ4v) is 3.31. The highest BCUT2D eigenvalue weighted by Crippen LogP contribution is 2.29. The molecule has 0 amide bonds. The summed E-state index contributed by atoms with van der Waals surface area (Å²) in [5, 5.41) is 18.2. The Labute approximate surface area is 130 Å². The summed E-state index contributed by atoms with van der Waals surface area (Å²) in [6, 6.07) is 10.2. The van der Waals surface area contributed by atoms with E-state index >= 15 is 0 Å². The van der Waals surface area contributed by atoms with Crippen molar-refractivity contribution in [3.05, 3.63) is 56.8 Å². The van der Waals surface area contributed by atoms with Gasteiger partial charge >= 0.3 is 0 Å². The van der Waals surface area contributed by atoms with Crippen LogP contribution in [0.15, 0.2) is 41.8 Å². The highest BCUT2D eigenvalue weighted by Gasteiger charge is 2.38. The molecule has 2 heterocycles. The van der Waals surface area contributed by atoms with Gasteiger partial charge < -0.3 is 5.32 Å². The minimum atomic E-state index is -0.479. The molecule has 8 heteroatoms. The summed E-state index contributed by atoms with van der Waals surface area (Å²) < 4.78 is 0. The van der Waals surface area contributed by atoms with Gasteiger partial charge in [0.1, 0.15) is 5.66 Å². The number of nitrogens with zero attached hydrogens (tertiary/aromatic N) is 2. The van der Waals surface area contributed by atoms with Crippen LogP contribution in [-0.2, 0) is 5.66 Å². The Morgan fingerprint density at radius 2 is 2.05 bits per heavy atom. The van der Waals surface area contributed by atoms with Gasteiger partial charge in [-0.1, -0.05) is 6.07 Å². The quantitative estimate of drug-likeness (QED) is 0.515. The summed E-state index contributed by atoms with van der Waals surface area (Å²) in [4.78, 5) is 11.4. The number of rotatable bonds is 3. The Morgan fingerprint density at radius 3 is 2.62 bits per heavy atom. The zero-order chi connectivity index (χ0) is 15.0. The van der Waals surface area contributed by atoms with Crippen molar-refractivity contribution in [2.45, 2.75) is 12.6 Å². The van der Waals surface area contributed by atoms with Crippen molar-refractivity contribution < 1.29 is 4.92 Å². The van der Waals surface area contributed by atoms with Gasteiger partial charge in [0.05, 0.1) is 10.6 Å². The van der Waals surface area contributed by atoms with Crippen molar-refractivity contribution in [3.8, 4) is 0 Å². The lowest BCUT2D eigenvalue weighted by Crippen LogP contribution is -2.45. The zero-order valence-corrected chi connectivity index (χ0v) is 12.7. The van der Waals surface area contributed by atoms with E-state index in [0.29, 0.717) is 5.11 Å². The summed E-state index contributed by atoms with van der Waals surface area (Å²) in [6.45, 7) is 2.00. The highest BCUT2D eigenvalue weighted by atomic mass is 32.1. The summed E-state index contributed by atoms with van der Waals surface area (Å²) in [5.41, 5.74) is 3.63. The largest absolute Gasteiger partial charge is 0.337 e. The van der Waals surface area contributed by atoms with Crippen molar-refractivity contribution in [1.82, 2.24) is 10.7 Å². The maximum atomic E-state index is 10.7. The van der Waals surface area contributed by atoms with Gasteiger partial charge in [0, 0.05) is 17.0 Å². The lowest BCUT2D eigenvalue weighted by atomic mass is 10.2. The minimum Gasteiger partial charge on any atom is -0.337 e. The van der Waals surface area contributed by atoms with Gasteiger partial charge in [0.15, 0.2) is 5.11 Å². The van der Waals surface area contributed by atoms with Crippen LogP contribution < -0.4 is 15.8 Å². The number of hydrazine groups is 1. The second kappa shape index (κ2) is 5.06. The van der Waals surface area contributed by atoms with E-state index in [1.807, 2.05) is 24.4 Å². The van der Waals surface area contributed by atoms with Crippen molar-refractivity contribution >= 4 is 40.0 Å². The molecule has 1 atom stereocenters. The molecule has 21 heavy (non-hydrogen) atoms. The molecule has 0 radical (unpaired) electrons. The molecule has 2 aromatic rings. The Hall–Kier alpha value is -2.03. The first kappa shape index (κ1) is 13.9. The van der Waals surface area contributed by atoms with Crippen molar-refractivity contribution in [1.29, 1.82) is 0 Å². The molecule has 0 aliphatic carbocycles. The van der Waals surface area contributed by atoms with Gasteiger partial charge in [0.25, 0.3) is 5.69 Å². The van der Waals surface area contributed by atoms with E-state index in [2.05, 4.69) is 10.7 Å². The number of nitro groups is 1. The molecule has 0 spiro atoms. The molecule has 108 valence electrons. The van der Waals surface area contributed by atoms with E-state index in [-0.39, 0.29) is 5.69 Å². The van der Waals surface area contributed by atoms with E-state index in [1.54, 1.807) is 28.5 Å². The van der Waals surface area contributed by atoms with E-state index in [9.17, 15) is 10.1 Å². The Kier molecular flexibility index (Phi) is 3.36. The summed E-state index contributed by atoms with van der Waals surface area (Å²) in [7, 11) is 0. The Balaban J connectivity index is 1.87. The highest BCUT2D eigenvalue weighted by molar-refractivity contribution is 7.80. The van der Waals surface area contributed by atoms with Crippen molar-refractivity contribution in [2.75, 3.05) is 5.01 Å². The van der Waals surface area contributed by atoms with Gasteiger partial charge in [-0.05, 0) is 42.7 Å². The molecule has 1 fully saturated rings. The third-order valence-corrected chi connectivity index (χ3v) is 4.60. The Bertz CT molecular complexity index is 687.